The van der Waals surface area contributed by atoms with Crippen LogP contribution in [0.5, 0.6) is 11.5 Å². The van der Waals surface area contributed by atoms with Crippen molar-refractivity contribution in [3.05, 3.63) is 160 Å². The highest BCUT2D eigenvalue weighted by Gasteiger charge is 2.21. The third-order valence-electron chi connectivity index (χ3n) is 13.9. The van der Waals surface area contributed by atoms with E-state index in [9.17, 15) is 0 Å². The average molecular weight is 1010 g/mol. The second kappa shape index (κ2) is 25.2. The molecule has 7 aromatic rings. The summed E-state index contributed by atoms with van der Waals surface area (Å²) in [6.07, 6.45) is 3.76. The molecule has 10 rings (SSSR count). The van der Waals surface area contributed by atoms with Crippen molar-refractivity contribution in [1.29, 1.82) is 0 Å². The predicted octanol–water partition coefficient (Wildman–Crippen LogP) is 8.15. The van der Waals surface area contributed by atoms with Crippen LogP contribution in [0.15, 0.2) is 126 Å². The first-order chi connectivity index (χ1) is 35.2. The number of ether oxygens (including phenoxy) is 2. The van der Waals surface area contributed by atoms with Crippen LogP contribution in [-0.4, -0.2) is 158 Å². The summed E-state index contributed by atoms with van der Waals surface area (Å²) in [6, 6.07) is 36.3. The van der Waals surface area contributed by atoms with E-state index < -0.39 is 0 Å². The van der Waals surface area contributed by atoms with Crippen molar-refractivity contribution >= 4 is 38.6 Å². The van der Waals surface area contributed by atoms with Gasteiger partial charge in [0, 0.05) is 147 Å². The van der Waals surface area contributed by atoms with Crippen LogP contribution in [0.25, 0.3) is 5.69 Å². The molecule has 3 aliphatic heterocycles. The molecule has 0 spiro atoms. The molecule has 3 saturated heterocycles. The van der Waals surface area contributed by atoms with Crippen LogP contribution in [0, 0.1) is 0 Å². The number of rotatable bonds is 18. The summed E-state index contributed by atoms with van der Waals surface area (Å²) in [5.74, 6) is 1.77. The van der Waals surface area contributed by atoms with Gasteiger partial charge in [-0.05, 0) is 98.0 Å². The van der Waals surface area contributed by atoms with Crippen LogP contribution in [-0.2, 0) is 39.3 Å². The van der Waals surface area contributed by atoms with Crippen molar-refractivity contribution in [3.8, 4) is 17.2 Å². The van der Waals surface area contributed by atoms with Crippen molar-refractivity contribution < 1.29 is 9.47 Å². The Kier molecular flexibility index (Phi) is 17.9. The number of methoxy groups -OCH3 is 2. The number of piperazine rings is 3. The SMILES string of the molecule is COc1cccc(CN(Cc2ccc(-n3cccn3)cc2)c2nc(CN3CCN(C)CC3)cs2)c1.COc1cccc(CN(Cc2ccc(N3CCN(C)CC3)cc2)c2nc(CN3CCN(C)CC3)cs2)c1. The minimum absolute atomic E-state index is 0.763. The zero-order valence-corrected chi connectivity index (χ0v) is 44.5. The topological polar surface area (TPSA) is 88.0 Å². The predicted molar refractivity (Wildman–Crippen MR) is 295 cm³/mol. The van der Waals surface area contributed by atoms with Crippen molar-refractivity contribution in [2.24, 2.45) is 0 Å². The Labute approximate surface area is 435 Å². The number of aromatic nitrogens is 4. The number of hydrogen-bond donors (Lipinski definition) is 0. The molecule has 3 aliphatic rings. The number of anilines is 3. The monoisotopic (exact) mass is 1010 g/mol. The fourth-order valence-electron chi connectivity index (χ4n) is 9.36. The van der Waals surface area contributed by atoms with Gasteiger partial charge < -0.3 is 38.9 Å². The number of likely N-dealkylation sites (N-methyl/N-ethyl adjacent to an activating group) is 3. The fraction of sp³-hybridized carbons (Fsp3) is 0.411. The van der Waals surface area contributed by atoms with Crippen LogP contribution in [0.2, 0.25) is 0 Å². The standard InChI is InChI=1S/C29H40N6OS.C27H32N6OS/c1-31-11-15-33(16-12-31)22-26-23-37-29(30-26)35(21-25-5-4-6-28(19-25)36-3)20-24-7-9-27(10-8-24)34-17-13-32(2)14-18-34;1-30-13-15-31(16-14-30)20-24-21-35-27(29-24)32(19-23-5-3-6-26(17-23)34-2)18-22-7-9-25(10-8-22)33-12-4-11-28-33/h4-10,19,23H,11-18,20-22H2,1-3H3;3-12,17,21H,13-16,18-20H2,1-2H3. The van der Waals surface area contributed by atoms with E-state index in [1.54, 1.807) is 43.1 Å². The van der Waals surface area contributed by atoms with E-state index in [4.69, 9.17) is 19.4 Å². The molecule has 0 N–H and O–H groups in total. The Morgan fingerprint density at radius 2 is 0.917 bits per heavy atom. The molecule has 0 saturated carbocycles. The zero-order valence-electron chi connectivity index (χ0n) is 42.9. The molecular formula is C56H72N12O2S2. The highest BCUT2D eigenvalue weighted by molar-refractivity contribution is 7.14. The summed E-state index contributed by atoms with van der Waals surface area (Å²) in [4.78, 5) is 29.6. The molecule has 14 nitrogen and oxygen atoms in total. The van der Waals surface area contributed by atoms with E-state index in [-0.39, 0.29) is 0 Å². The van der Waals surface area contributed by atoms with Gasteiger partial charge in [0.1, 0.15) is 11.5 Å². The number of hydrogen-bond acceptors (Lipinski definition) is 15. The molecule has 6 heterocycles. The van der Waals surface area contributed by atoms with Gasteiger partial charge in [0.15, 0.2) is 10.3 Å². The van der Waals surface area contributed by atoms with Crippen molar-refractivity contribution in [2.45, 2.75) is 39.3 Å². The van der Waals surface area contributed by atoms with E-state index >= 15 is 0 Å². The van der Waals surface area contributed by atoms with Gasteiger partial charge in [-0.3, -0.25) is 9.80 Å². The second-order valence-electron chi connectivity index (χ2n) is 19.4. The Morgan fingerprint density at radius 1 is 0.486 bits per heavy atom. The van der Waals surface area contributed by atoms with E-state index in [1.807, 2.05) is 35.1 Å². The number of thiazole rings is 2. The van der Waals surface area contributed by atoms with Gasteiger partial charge in [-0.2, -0.15) is 5.10 Å². The summed E-state index contributed by atoms with van der Waals surface area (Å²) >= 11 is 3.48. The maximum absolute atomic E-state index is 5.49. The molecule has 0 unspecified atom stereocenters. The Bertz CT molecular complexity index is 2690. The van der Waals surface area contributed by atoms with Gasteiger partial charge >= 0.3 is 0 Å². The van der Waals surface area contributed by atoms with Crippen molar-refractivity contribution in [1.82, 2.24) is 44.2 Å². The molecule has 0 bridgehead atoms. The first-order valence-electron chi connectivity index (χ1n) is 25.3. The molecule has 0 amide bonds. The molecular weight excluding hydrogens is 937 g/mol. The smallest absolute Gasteiger partial charge is 0.186 e. The molecule has 3 aromatic heterocycles. The Hall–Kier alpha value is -5.85. The number of benzene rings is 4. The third kappa shape index (κ3) is 14.4. The van der Waals surface area contributed by atoms with Crippen LogP contribution in [0.3, 0.4) is 0 Å². The first kappa shape index (κ1) is 51.1. The molecule has 72 heavy (non-hydrogen) atoms. The summed E-state index contributed by atoms with van der Waals surface area (Å²) < 4.78 is 12.8. The first-order valence-corrected chi connectivity index (χ1v) is 27.1. The lowest BCUT2D eigenvalue weighted by molar-refractivity contribution is 0.147. The summed E-state index contributed by atoms with van der Waals surface area (Å²) in [5, 5.41) is 10.9. The Morgan fingerprint density at radius 3 is 1.35 bits per heavy atom. The van der Waals surface area contributed by atoms with Crippen LogP contribution in [0.4, 0.5) is 16.0 Å². The molecule has 0 atom stereocenters. The van der Waals surface area contributed by atoms with E-state index in [2.05, 4.69) is 155 Å². The quantitative estimate of drug-likeness (QED) is 0.0830. The maximum atomic E-state index is 5.49. The van der Waals surface area contributed by atoms with Crippen LogP contribution < -0.4 is 24.2 Å². The largest absolute Gasteiger partial charge is 0.497 e. The molecule has 3 fully saturated rings. The third-order valence-corrected chi connectivity index (χ3v) is 15.8. The van der Waals surface area contributed by atoms with E-state index in [1.165, 1.54) is 33.6 Å². The van der Waals surface area contributed by atoms with Crippen molar-refractivity contribution in [2.75, 3.05) is 129 Å². The average Bonchev–Trinajstić information content (AvgIpc) is 4.23. The molecule has 16 heteroatoms. The lowest BCUT2D eigenvalue weighted by Crippen LogP contribution is -2.44. The molecule has 4 aromatic carbocycles. The zero-order chi connectivity index (χ0) is 49.7. The molecule has 380 valence electrons. The minimum atomic E-state index is 0.763. The number of nitrogens with zero attached hydrogens (tertiary/aromatic N) is 12. The molecule has 0 radical (unpaired) electrons. The van der Waals surface area contributed by atoms with Crippen molar-refractivity contribution in [3.63, 3.8) is 0 Å². The normalized spacial score (nSPS) is 16.3. The Balaban J connectivity index is 0.000000178. The maximum Gasteiger partial charge on any atom is 0.186 e. The highest BCUT2D eigenvalue weighted by atomic mass is 32.1. The van der Waals surface area contributed by atoms with Gasteiger partial charge in [0.05, 0.1) is 31.3 Å². The van der Waals surface area contributed by atoms with E-state index in [0.29, 0.717) is 0 Å². The van der Waals surface area contributed by atoms with Crippen LogP contribution >= 0.6 is 22.7 Å². The van der Waals surface area contributed by atoms with Gasteiger partial charge in [0.25, 0.3) is 0 Å². The van der Waals surface area contributed by atoms with Gasteiger partial charge in [-0.25, -0.2) is 14.6 Å². The van der Waals surface area contributed by atoms with E-state index in [0.717, 1.165) is 151 Å². The molecule has 0 aliphatic carbocycles. The van der Waals surface area contributed by atoms with Gasteiger partial charge in [-0.15, -0.1) is 22.7 Å². The highest BCUT2D eigenvalue weighted by Crippen LogP contribution is 2.29. The lowest BCUT2D eigenvalue weighted by Gasteiger charge is -2.34. The van der Waals surface area contributed by atoms with Crippen LogP contribution in [0.1, 0.15) is 33.6 Å². The summed E-state index contributed by atoms with van der Waals surface area (Å²) in [7, 11) is 10.0. The van der Waals surface area contributed by atoms with Gasteiger partial charge in [-0.1, -0.05) is 48.5 Å². The fourth-order valence-corrected chi connectivity index (χ4v) is 11.0. The second-order valence-corrected chi connectivity index (χ2v) is 21.1. The summed E-state index contributed by atoms with van der Waals surface area (Å²) in [6.45, 7) is 18.3. The van der Waals surface area contributed by atoms with Gasteiger partial charge in [0.2, 0.25) is 0 Å². The lowest BCUT2D eigenvalue weighted by atomic mass is 10.1. The minimum Gasteiger partial charge on any atom is -0.497 e. The summed E-state index contributed by atoms with van der Waals surface area (Å²) in [5.41, 5.74) is 9.67.